The second-order valence-corrected chi connectivity index (χ2v) is 11.1. The number of fused-ring (bicyclic) bond motifs is 5. The van der Waals surface area contributed by atoms with E-state index in [0.29, 0.717) is 60.7 Å². The molecule has 5 rings (SSSR count). The first-order valence-electron chi connectivity index (χ1n) is 12.1. The Labute approximate surface area is 213 Å². The van der Waals surface area contributed by atoms with Crippen molar-refractivity contribution in [3.05, 3.63) is 6.42 Å². The molecule has 31 heavy (non-hydrogen) atoms. The molecule has 0 heterocycles. The average Bonchev–Trinajstić information content (AvgIpc) is 3.53. The van der Waals surface area contributed by atoms with Gasteiger partial charge >= 0.3 is 29.2 Å². The number of halogens is 4. The van der Waals surface area contributed by atoms with Crippen molar-refractivity contribution in [3.63, 3.8) is 0 Å². The molecule has 6 heteroatoms. The van der Waals surface area contributed by atoms with Crippen molar-refractivity contribution in [1.29, 1.82) is 0 Å². The predicted molar refractivity (Wildman–Crippen MR) is 115 cm³/mol. The van der Waals surface area contributed by atoms with E-state index < -0.39 is 12.1 Å². The molecule has 0 aromatic carbocycles. The van der Waals surface area contributed by atoms with Gasteiger partial charge in [0, 0.05) is 6.42 Å². The Morgan fingerprint density at radius 1 is 1.00 bits per heavy atom. The summed E-state index contributed by atoms with van der Waals surface area (Å²) >= 11 is 0. The zero-order valence-corrected chi connectivity index (χ0v) is 22.2. The van der Waals surface area contributed by atoms with Gasteiger partial charge in [0.25, 0.3) is 0 Å². The minimum Gasteiger partial charge on any atom is -1.00 e. The molecule has 1 nitrogen and oxygen atoms in total. The zero-order chi connectivity index (χ0) is 20.8. The fourth-order valence-corrected chi connectivity index (χ4v) is 8.22. The summed E-state index contributed by atoms with van der Waals surface area (Å²) in [7, 11) is 0. The third kappa shape index (κ3) is 5.69. The minimum absolute atomic E-state index is 0. The maximum Gasteiger partial charge on any atom is 2.00 e. The summed E-state index contributed by atoms with van der Waals surface area (Å²) < 4.78 is 39.6. The zero-order valence-electron chi connectivity index (χ0n) is 19.2. The van der Waals surface area contributed by atoms with Crippen LogP contribution in [-0.2, 0) is 4.79 Å². The first-order chi connectivity index (χ1) is 13.8. The van der Waals surface area contributed by atoms with Gasteiger partial charge in [-0.2, -0.15) is 13.2 Å². The van der Waals surface area contributed by atoms with Crippen molar-refractivity contribution in [1.82, 2.24) is 0 Å². The van der Waals surface area contributed by atoms with Gasteiger partial charge in [-0.1, -0.05) is 13.8 Å². The van der Waals surface area contributed by atoms with Crippen LogP contribution < -0.4 is 17.0 Å². The van der Waals surface area contributed by atoms with Crippen molar-refractivity contribution >= 4 is 29.3 Å². The quantitative estimate of drug-likeness (QED) is 0.310. The van der Waals surface area contributed by atoms with Gasteiger partial charge in [0.1, 0.15) is 6.29 Å². The molecule has 0 amide bonds. The summed E-state index contributed by atoms with van der Waals surface area (Å²) in [6, 6.07) is 0. The number of aldehydes is 1. The van der Waals surface area contributed by atoms with Gasteiger partial charge in [-0.15, -0.1) is 0 Å². The molecule has 0 bridgehead atoms. The molecule has 0 aromatic heterocycles. The molecule has 3 unspecified atom stereocenters. The molecule has 0 saturated heterocycles. The van der Waals surface area contributed by atoms with E-state index in [1.807, 2.05) is 0 Å². The number of carbonyl (C=O) groups is 1. The van der Waals surface area contributed by atoms with Crippen molar-refractivity contribution in [2.24, 2.45) is 52.8 Å². The Morgan fingerprint density at radius 2 is 1.65 bits per heavy atom. The molecule has 174 valence electrons. The van der Waals surface area contributed by atoms with Crippen LogP contribution in [0.1, 0.15) is 84.5 Å². The normalized spacial score (nSPS) is 45.3. The minimum atomic E-state index is -4.00. The van der Waals surface area contributed by atoms with Crippen molar-refractivity contribution < 1.29 is 34.9 Å². The third-order valence-electron chi connectivity index (χ3n) is 9.65. The predicted octanol–water partition coefficient (Wildman–Crippen LogP) is 3.88. The molecule has 5 aliphatic rings. The molecule has 5 saturated carbocycles. The van der Waals surface area contributed by atoms with E-state index in [-0.39, 0.29) is 45.4 Å². The summed E-state index contributed by atoms with van der Waals surface area (Å²) in [5, 5.41) is 0. The van der Waals surface area contributed by atoms with Gasteiger partial charge in [0.2, 0.25) is 0 Å². The van der Waals surface area contributed by atoms with Gasteiger partial charge in [0.05, 0.1) is 5.92 Å². The monoisotopic (exact) mass is 514 g/mol. The number of alkyl halides is 3. The molecule has 5 fully saturated rings. The molecular formula is C25H38BrF3MgO. The molecule has 9 atom stereocenters. The SMILES string of the molecule is C[C@@H]1CC2[C@@H]3CC[C@@H]4C[C@@H](C(F)(F)F)CC[C@@H]4C3CC[C@]2(C)C1CC=O.[Br-].[CH-]1CC1.[Mg+2]. The smallest absolute Gasteiger partial charge is 1.00 e. The van der Waals surface area contributed by atoms with E-state index in [0.717, 1.165) is 25.5 Å². The molecule has 0 radical (unpaired) electrons. The van der Waals surface area contributed by atoms with E-state index in [9.17, 15) is 18.0 Å². The topological polar surface area (TPSA) is 17.1 Å². The maximum atomic E-state index is 13.2. The van der Waals surface area contributed by atoms with Crippen LogP contribution in [0.4, 0.5) is 13.2 Å². The van der Waals surface area contributed by atoms with Crippen LogP contribution in [0.5, 0.6) is 0 Å². The van der Waals surface area contributed by atoms with E-state index in [1.54, 1.807) is 0 Å². The van der Waals surface area contributed by atoms with Crippen LogP contribution in [0.15, 0.2) is 0 Å². The van der Waals surface area contributed by atoms with E-state index >= 15 is 0 Å². The van der Waals surface area contributed by atoms with Crippen LogP contribution in [0.2, 0.25) is 0 Å². The summed E-state index contributed by atoms with van der Waals surface area (Å²) in [4.78, 5) is 11.2. The van der Waals surface area contributed by atoms with Gasteiger partial charge in [0.15, 0.2) is 0 Å². The van der Waals surface area contributed by atoms with E-state index in [2.05, 4.69) is 20.3 Å². The van der Waals surface area contributed by atoms with Crippen LogP contribution in [-0.4, -0.2) is 35.5 Å². The van der Waals surface area contributed by atoms with Crippen LogP contribution in [0.25, 0.3) is 0 Å². The van der Waals surface area contributed by atoms with Crippen LogP contribution in [0.3, 0.4) is 0 Å². The Balaban J connectivity index is 0.000000630. The summed E-state index contributed by atoms with van der Waals surface area (Å²) in [5.74, 6) is 2.89. The number of hydrogen-bond donors (Lipinski definition) is 0. The van der Waals surface area contributed by atoms with Crippen LogP contribution in [0, 0.1) is 59.2 Å². The fraction of sp³-hybridized carbons (Fsp3) is 0.920. The van der Waals surface area contributed by atoms with Crippen molar-refractivity contribution in [3.8, 4) is 0 Å². The van der Waals surface area contributed by atoms with Gasteiger partial charge in [-0.3, -0.25) is 0 Å². The number of carbonyl (C=O) groups excluding carboxylic acids is 1. The Morgan fingerprint density at radius 3 is 2.23 bits per heavy atom. The largest absolute Gasteiger partial charge is 2.00 e. The molecule has 0 aliphatic heterocycles. The Hall–Kier alpha value is 0.706. The second kappa shape index (κ2) is 11.0. The number of rotatable bonds is 2. The van der Waals surface area contributed by atoms with E-state index in [1.165, 1.54) is 32.1 Å². The van der Waals surface area contributed by atoms with Gasteiger partial charge in [-0.05, 0) is 98.2 Å². The molecule has 5 aliphatic carbocycles. The maximum absolute atomic E-state index is 13.2. The first kappa shape index (κ1) is 27.9. The molecular weight excluding hydrogens is 477 g/mol. The molecule has 0 aromatic rings. The van der Waals surface area contributed by atoms with Gasteiger partial charge < -0.3 is 28.2 Å². The van der Waals surface area contributed by atoms with Gasteiger partial charge in [-0.25, -0.2) is 12.8 Å². The van der Waals surface area contributed by atoms with Crippen molar-refractivity contribution in [2.45, 2.75) is 90.7 Å². The fourth-order valence-electron chi connectivity index (χ4n) is 8.22. The molecule has 0 N–H and O–H groups in total. The first-order valence-corrected chi connectivity index (χ1v) is 12.1. The Kier molecular flexibility index (Phi) is 9.89. The third-order valence-corrected chi connectivity index (χ3v) is 9.65. The summed E-state index contributed by atoms with van der Waals surface area (Å²) in [6.45, 7) is 4.73. The number of hydrogen-bond acceptors (Lipinski definition) is 1. The summed E-state index contributed by atoms with van der Waals surface area (Å²) in [5.41, 5.74) is 0.275. The Bertz CT molecular complexity index is 595. The van der Waals surface area contributed by atoms with Crippen molar-refractivity contribution in [2.75, 3.05) is 0 Å². The second-order valence-electron chi connectivity index (χ2n) is 11.1. The average molecular weight is 516 g/mol. The van der Waals surface area contributed by atoms with E-state index in [4.69, 9.17) is 0 Å². The summed E-state index contributed by atoms with van der Waals surface area (Å²) in [6.07, 6.45) is 9.99. The molecule has 0 spiro atoms. The van der Waals surface area contributed by atoms with Crippen LogP contribution >= 0.6 is 0 Å². The standard InChI is InChI=1S/C22H33F3O.C3H5.BrH.Mg/c1-13-11-20-18-5-3-14-12-15(22(23,24)25)4-6-16(14)17(18)7-9-21(20,2)19(13)8-10-26;1-2-3-1;;/h10,13-20H,3-9,11-12H2,1-2H3;1H,2-3H2;1H;/q;-1;;+2/p-1/t13-,14-,15+,16+,17?,18-,19?,20?,21-;;;/m1.../s1.